The lowest BCUT2D eigenvalue weighted by Crippen LogP contribution is -2.17. The minimum Gasteiger partial charge on any atom is -0.427 e. The smallest absolute Gasteiger partial charge is 0.336 e. The average molecular weight is 312 g/mol. The van der Waals surface area contributed by atoms with Gasteiger partial charge in [-0.2, -0.15) is 0 Å². The Morgan fingerprint density at radius 1 is 1.20 bits per heavy atom. The van der Waals surface area contributed by atoms with Crippen LogP contribution in [0.5, 0.6) is 0 Å². The Balaban J connectivity index is 2.36. The summed E-state index contributed by atoms with van der Waals surface area (Å²) >= 11 is 11.8. The highest BCUT2D eigenvalue weighted by Crippen LogP contribution is 2.26. The van der Waals surface area contributed by atoms with Gasteiger partial charge in [0.05, 0.1) is 16.3 Å². The summed E-state index contributed by atoms with van der Waals surface area (Å²) in [6.07, 6.45) is 0. The summed E-state index contributed by atoms with van der Waals surface area (Å²) in [5, 5.41) is 3.47. The van der Waals surface area contributed by atoms with E-state index in [0.717, 1.165) is 0 Å². The molecule has 0 bridgehead atoms. The molecule has 1 heterocycles. The lowest BCUT2D eigenvalue weighted by atomic mass is 10.1. The number of carbonyl (C=O) groups is 1. The van der Waals surface area contributed by atoms with E-state index >= 15 is 0 Å². The molecule has 1 aromatic heterocycles. The summed E-state index contributed by atoms with van der Waals surface area (Å²) in [6.45, 7) is 3.23. The molecule has 4 nitrogen and oxygen atoms in total. The number of anilines is 1. The number of nitrogens with one attached hydrogen (secondary N) is 1. The molecule has 1 aromatic carbocycles. The van der Waals surface area contributed by atoms with Crippen molar-refractivity contribution in [2.45, 2.75) is 13.8 Å². The zero-order chi connectivity index (χ0) is 14.9. The maximum atomic E-state index is 12.2. The van der Waals surface area contributed by atoms with E-state index in [1.54, 1.807) is 26.0 Å². The van der Waals surface area contributed by atoms with Crippen molar-refractivity contribution in [1.29, 1.82) is 0 Å². The molecule has 6 heteroatoms. The van der Waals surface area contributed by atoms with Gasteiger partial charge in [-0.1, -0.05) is 23.2 Å². The van der Waals surface area contributed by atoms with Crippen LogP contribution in [0.25, 0.3) is 0 Å². The van der Waals surface area contributed by atoms with Crippen LogP contribution in [0.3, 0.4) is 0 Å². The normalized spacial score (nSPS) is 10.4. The third-order valence-corrected chi connectivity index (χ3v) is 3.29. The fourth-order valence-corrected chi connectivity index (χ4v) is 2.33. The van der Waals surface area contributed by atoms with Gasteiger partial charge in [0, 0.05) is 11.1 Å². The third kappa shape index (κ3) is 3.03. The van der Waals surface area contributed by atoms with Crippen LogP contribution < -0.4 is 10.9 Å². The van der Waals surface area contributed by atoms with Crippen LogP contribution in [0.4, 0.5) is 5.69 Å². The number of halogens is 2. The van der Waals surface area contributed by atoms with Crippen LogP contribution in [-0.2, 0) is 0 Å². The molecule has 1 amide bonds. The summed E-state index contributed by atoms with van der Waals surface area (Å²) in [5.41, 5.74) is 0.809. The van der Waals surface area contributed by atoms with E-state index in [1.807, 2.05) is 0 Å². The molecule has 2 aromatic rings. The topological polar surface area (TPSA) is 59.3 Å². The Bertz CT molecular complexity index is 711. The predicted octanol–water partition coefficient (Wildman–Crippen LogP) is 3.82. The van der Waals surface area contributed by atoms with Crippen molar-refractivity contribution in [1.82, 2.24) is 0 Å². The molecule has 0 radical (unpaired) electrons. The second kappa shape index (κ2) is 5.69. The average Bonchev–Trinajstić information content (AvgIpc) is 2.31. The number of aryl methyl sites for hydroxylation is 2. The quantitative estimate of drug-likeness (QED) is 0.917. The minimum absolute atomic E-state index is 0.262. The van der Waals surface area contributed by atoms with Gasteiger partial charge >= 0.3 is 5.63 Å². The van der Waals surface area contributed by atoms with Crippen LogP contribution in [0, 0.1) is 13.8 Å². The Morgan fingerprint density at radius 3 is 2.50 bits per heavy atom. The van der Waals surface area contributed by atoms with Crippen molar-refractivity contribution in [3.05, 3.63) is 61.6 Å². The van der Waals surface area contributed by atoms with Crippen molar-refractivity contribution in [2.75, 3.05) is 5.32 Å². The molecule has 0 saturated heterocycles. The number of amides is 1. The fourth-order valence-electron chi connectivity index (χ4n) is 1.87. The SMILES string of the molecule is Cc1cc(=O)oc(C)c1C(=O)Nc1ccc(Cl)cc1Cl. The molecule has 20 heavy (non-hydrogen) atoms. The first-order valence-corrected chi connectivity index (χ1v) is 6.52. The number of rotatable bonds is 2. The molecule has 0 fully saturated rings. The van der Waals surface area contributed by atoms with Gasteiger partial charge < -0.3 is 9.73 Å². The molecule has 0 aliphatic carbocycles. The number of hydrogen-bond acceptors (Lipinski definition) is 3. The van der Waals surface area contributed by atoms with E-state index in [2.05, 4.69) is 5.32 Å². The molecule has 104 valence electrons. The van der Waals surface area contributed by atoms with Gasteiger partial charge in [-0.15, -0.1) is 0 Å². The van der Waals surface area contributed by atoms with Gasteiger partial charge in [-0.25, -0.2) is 4.79 Å². The van der Waals surface area contributed by atoms with E-state index in [4.69, 9.17) is 27.6 Å². The van der Waals surface area contributed by atoms with Crippen molar-refractivity contribution in [3.8, 4) is 0 Å². The summed E-state index contributed by atoms with van der Waals surface area (Å²) in [5.74, 6) is -0.134. The van der Waals surface area contributed by atoms with Crippen molar-refractivity contribution < 1.29 is 9.21 Å². The molecule has 0 unspecified atom stereocenters. The predicted molar refractivity (Wildman–Crippen MR) is 78.9 cm³/mol. The monoisotopic (exact) mass is 311 g/mol. The van der Waals surface area contributed by atoms with E-state index in [1.165, 1.54) is 12.1 Å². The molecule has 0 saturated carbocycles. The van der Waals surface area contributed by atoms with Gasteiger partial charge in [-0.3, -0.25) is 4.79 Å². The summed E-state index contributed by atoms with van der Waals surface area (Å²) in [7, 11) is 0. The first kappa shape index (κ1) is 14.6. The van der Waals surface area contributed by atoms with Gasteiger partial charge in [0.25, 0.3) is 5.91 Å². The van der Waals surface area contributed by atoms with Gasteiger partial charge in [-0.05, 0) is 37.6 Å². The van der Waals surface area contributed by atoms with Crippen LogP contribution in [0.1, 0.15) is 21.7 Å². The lowest BCUT2D eigenvalue weighted by Gasteiger charge is -2.10. The Kier molecular flexibility index (Phi) is 4.16. The highest BCUT2D eigenvalue weighted by molar-refractivity contribution is 6.36. The Morgan fingerprint density at radius 2 is 1.90 bits per heavy atom. The minimum atomic E-state index is -0.485. The van der Waals surface area contributed by atoms with E-state index in [0.29, 0.717) is 26.9 Å². The number of benzene rings is 1. The van der Waals surface area contributed by atoms with E-state index in [-0.39, 0.29) is 5.76 Å². The first-order valence-electron chi connectivity index (χ1n) is 5.76. The molecule has 2 rings (SSSR count). The highest BCUT2D eigenvalue weighted by Gasteiger charge is 2.16. The Hall–Kier alpha value is -1.78. The molecular weight excluding hydrogens is 301 g/mol. The lowest BCUT2D eigenvalue weighted by molar-refractivity contribution is 0.102. The second-order valence-corrected chi connectivity index (χ2v) is 5.10. The Labute approximate surface area is 125 Å². The van der Waals surface area contributed by atoms with Crippen LogP contribution in [-0.4, -0.2) is 5.91 Å². The molecule has 1 N–H and O–H groups in total. The van der Waals surface area contributed by atoms with Gasteiger partial charge in [0.1, 0.15) is 5.76 Å². The van der Waals surface area contributed by atoms with Crippen molar-refractivity contribution in [2.24, 2.45) is 0 Å². The summed E-state index contributed by atoms with van der Waals surface area (Å²) in [6, 6.07) is 6.02. The molecule has 0 aliphatic rings. The van der Waals surface area contributed by atoms with E-state index in [9.17, 15) is 9.59 Å². The maximum Gasteiger partial charge on any atom is 0.336 e. The molecule has 0 aliphatic heterocycles. The number of hydrogen-bond donors (Lipinski definition) is 1. The fraction of sp³-hybridized carbons (Fsp3) is 0.143. The highest BCUT2D eigenvalue weighted by atomic mass is 35.5. The molecular formula is C14H11Cl2NO3. The van der Waals surface area contributed by atoms with Crippen LogP contribution >= 0.6 is 23.2 Å². The van der Waals surface area contributed by atoms with Crippen LogP contribution in [0.15, 0.2) is 33.5 Å². The first-order chi connectivity index (χ1) is 9.38. The van der Waals surface area contributed by atoms with Crippen molar-refractivity contribution in [3.63, 3.8) is 0 Å². The molecule has 0 atom stereocenters. The number of carbonyl (C=O) groups excluding carboxylic acids is 1. The van der Waals surface area contributed by atoms with E-state index < -0.39 is 11.5 Å². The zero-order valence-electron chi connectivity index (χ0n) is 10.8. The standard InChI is InChI=1S/C14H11Cl2NO3/c1-7-5-12(18)20-8(2)13(7)14(19)17-11-4-3-9(15)6-10(11)16/h3-6H,1-2H3,(H,17,19). The van der Waals surface area contributed by atoms with Gasteiger partial charge in [0.2, 0.25) is 0 Å². The third-order valence-electron chi connectivity index (χ3n) is 2.74. The van der Waals surface area contributed by atoms with Crippen molar-refractivity contribution >= 4 is 34.8 Å². The molecule has 0 spiro atoms. The summed E-state index contributed by atoms with van der Waals surface area (Å²) < 4.78 is 4.93. The maximum absolute atomic E-state index is 12.2. The zero-order valence-corrected chi connectivity index (χ0v) is 12.3. The largest absolute Gasteiger partial charge is 0.427 e. The summed E-state index contributed by atoms with van der Waals surface area (Å²) in [4.78, 5) is 23.4. The van der Waals surface area contributed by atoms with Gasteiger partial charge in [0.15, 0.2) is 0 Å². The van der Waals surface area contributed by atoms with Crippen LogP contribution in [0.2, 0.25) is 10.0 Å². The second-order valence-electron chi connectivity index (χ2n) is 4.26.